The summed E-state index contributed by atoms with van der Waals surface area (Å²) in [4.78, 5) is 10.7. The predicted octanol–water partition coefficient (Wildman–Crippen LogP) is 2.34. The molecule has 0 bridgehead atoms. The molecule has 0 radical (unpaired) electrons. The average molecular weight is 252 g/mol. The lowest BCUT2D eigenvalue weighted by atomic mass is 10.2. The van der Waals surface area contributed by atoms with Gasteiger partial charge in [-0.3, -0.25) is 4.79 Å². The molecule has 1 aromatic carbocycles. The minimum Gasteiger partial charge on any atom is -0.366 e. The zero-order valence-electron chi connectivity index (χ0n) is 5.77. The molecule has 0 heterocycles. The number of carbonyl (C=O) groups is 1. The van der Waals surface area contributed by atoms with Crippen molar-refractivity contribution in [1.29, 1.82) is 0 Å². The van der Waals surface area contributed by atoms with Gasteiger partial charge >= 0.3 is 0 Å². The standard InChI is InChI=1S/C7H4BrClFNO/c8-5-4(10)2-1-3(6(5)9)7(11)12/h1-2H,(H2,11,12). The lowest BCUT2D eigenvalue weighted by molar-refractivity contribution is 0.100. The Bertz CT molecular complexity index is 342. The zero-order valence-corrected chi connectivity index (χ0v) is 8.12. The number of hydrogen-bond donors (Lipinski definition) is 1. The maximum absolute atomic E-state index is 12.7. The van der Waals surface area contributed by atoms with Gasteiger partial charge in [-0.05, 0) is 28.1 Å². The number of amides is 1. The first-order valence-corrected chi connectivity index (χ1v) is 4.14. The molecule has 1 amide bonds. The van der Waals surface area contributed by atoms with E-state index in [2.05, 4.69) is 15.9 Å². The van der Waals surface area contributed by atoms with Crippen LogP contribution in [0.4, 0.5) is 4.39 Å². The van der Waals surface area contributed by atoms with E-state index in [4.69, 9.17) is 17.3 Å². The van der Waals surface area contributed by atoms with Gasteiger partial charge in [0.2, 0.25) is 5.91 Å². The van der Waals surface area contributed by atoms with Crippen LogP contribution in [0.15, 0.2) is 16.6 Å². The number of benzene rings is 1. The van der Waals surface area contributed by atoms with E-state index >= 15 is 0 Å². The largest absolute Gasteiger partial charge is 0.366 e. The van der Waals surface area contributed by atoms with Gasteiger partial charge in [-0.15, -0.1) is 0 Å². The molecule has 0 unspecified atom stereocenters. The van der Waals surface area contributed by atoms with Crippen LogP contribution in [0.5, 0.6) is 0 Å². The SMILES string of the molecule is NC(=O)c1ccc(F)c(Br)c1Cl. The van der Waals surface area contributed by atoms with Crippen molar-refractivity contribution in [1.82, 2.24) is 0 Å². The van der Waals surface area contributed by atoms with Crippen LogP contribution in [0.1, 0.15) is 10.4 Å². The Labute approximate surface area is 81.6 Å². The molecule has 2 nitrogen and oxygen atoms in total. The van der Waals surface area contributed by atoms with Gasteiger partial charge in [0.05, 0.1) is 15.1 Å². The molecule has 0 saturated heterocycles. The van der Waals surface area contributed by atoms with Crippen molar-refractivity contribution in [2.45, 2.75) is 0 Å². The van der Waals surface area contributed by atoms with Crippen molar-refractivity contribution < 1.29 is 9.18 Å². The molecular weight excluding hydrogens is 248 g/mol. The van der Waals surface area contributed by atoms with Crippen molar-refractivity contribution in [2.24, 2.45) is 5.73 Å². The number of hydrogen-bond acceptors (Lipinski definition) is 1. The van der Waals surface area contributed by atoms with E-state index in [-0.39, 0.29) is 15.1 Å². The summed E-state index contributed by atoms with van der Waals surface area (Å²) in [6.07, 6.45) is 0. The van der Waals surface area contributed by atoms with Gasteiger partial charge in [-0.2, -0.15) is 0 Å². The Morgan fingerprint density at radius 1 is 1.58 bits per heavy atom. The molecule has 0 aliphatic rings. The summed E-state index contributed by atoms with van der Waals surface area (Å²) in [5.74, 6) is -1.20. The number of carbonyl (C=O) groups excluding carboxylic acids is 1. The van der Waals surface area contributed by atoms with Crippen molar-refractivity contribution >= 4 is 33.4 Å². The molecule has 64 valence electrons. The molecule has 0 aromatic heterocycles. The lowest BCUT2D eigenvalue weighted by Crippen LogP contribution is -2.11. The third-order valence-corrected chi connectivity index (χ3v) is 2.70. The van der Waals surface area contributed by atoms with Crippen molar-refractivity contribution in [2.75, 3.05) is 0 Å². The van der Waals surface area contributed by atoms with Crippen LogP contribution in [0.3, 0.4) is 0 Å². The van der Waals surface area contributed by atoms with E-state index in [9.17, 15) is 9.18 Å². The molecule has 12 heavy (non-hydrogen) atoms. The van der Waals surface area contributed by atoms with Gasteiger partial charge in [-0.1, -0.05) is 11.6 Å². The first-order chi connectivity index (χ1) is 5.54. The summed E-state index contributed by atoms with van der Waals surface area (Å²) < 4.78 is 12.8. The molecule has 0 fully saturated rings. The topological polar surface area (TPSA) is 43.1 Å². The maximum atomic E-state index is 12.7. The molecule has 1 rings (SSSR count). The molecule has 0 spiro atoms. The smallest absolute Gasteiger partial charge is 0.250 e. The molecule has 0 aliphatic heterocycles. The van der Waals surface area contributed by atoms with E-state index < -0.39 is 11.7 Å². The highest BCUT2D eigenvalue weighted by atomic mass is 79.9. The third-order valence-electron chi connectivity index (χ3n) is 1.30. The van der Waals surface area contributed by atoms with E-state index in [1.165, 1.54) is 6.07 Å². The van der Waals surface area contributed by atoms with Gasteiger partial charge in [0, 0.05) is 0 Å². The fourth-order valence-corrected chi connectivity index (χ4v) is 1.31. The van der Waals surface area contributed by atoms with Crippen LogP contribution in [0.25, 0.3) is 0 Å². The molecular formula is C7H4BrClFNO. The molecule has 0 atom stereocenters. The summed E-state index contributed by atoms with van der Waals surface area (Å²) in [6.45, 7) is 0. The normalized spacial score (nSPS) is 9.92. The third kappa shape index (κ3) is 1.59. The van der Waals surface area contributed by atoms with Gasteiger partial charge in [0.1, 0.15) is 5.82 Å². The van der Waals surface area contributed by atoms with E-state index in [0.717, 1.165) is 6.07 Å². The molecule has 0 saturated carbocycles. The first kappa shape index (κ1) is 9.48. The van der Waals surface area contributed by atoms with Gasteiger partial charge in [0.25, 0.3) is 0 Å². The average Bonchev–Trinajstić information content (AvgIpc) is 2.00. The first-order valence-electron chi connectivity index (χ1n) is 2.97. The molecule has 5 heteroatoms. The van der Waals surface area contributed by atoms with Gasteiger partial charge < -0.3 is 5.73 Å². The fraction of sp³-hybridized carbons (Fsp3) is 0. The van der Waals surface area contributed by atoms with Crippen LogP contribution >= 0.6 is 27.5 Å². The lowest BCUT2D eigenvalue weighted by Gasteiger charge is -2.01. The van der Waals surface area contributed by atoms with Crippen LogP contribution in [-0.4, -0.2) is 5.91 Å². The zero-order chi connectivity index (χ0) is 9.30. The fourth-order valence-electron chi connectivity index (χ4n) is 0.716. The predicted molar refractivity (Wildman–Crippen MR) is 47.6 cm³/mol. The second kappa shape index (κ2) is 3.41. The summed E-state index contributed by atoms with van der Waals surface area (Å²) >= 11 is 8.49. The van der Waals surface area contributed by atoms with E-state index in [1.807, 2.05) is 0 Å². The van der Waals surface area contributed by atoms with E-state index in [1.54, 1.807) is 0 Å². The Balaban J connectivity index is 3.36. The highest BCUT2D eigenvalue weighted by molar-refractivity contribution is 9.10. The van der Waals surface area contributed by atoms with Gasteiger partial charge in [-0.25, -0.2) is 4.39 Å². The van der Waals surface area contributed by atoms with Crippen LogP contribution in [0.2, 0.25) is 5.02 Å². The number of halogens is 3. The summed E-state index contributed by atoms with van der Waals surface area (Å²) in [6, 6.07) is 2.36. The Morgan fingerprint density at radius 3 is 2.67 bits per heavy atom. The molecule has 1 aromatic rings. The Morgan fingerprint density at radius 2 is 2.17 bits per heavy atom. The number of primary amides is 1. The molecule has 0 aliphatic carbocycles. The highest BCUT2D eigenvalue weighted by Crippen LogP contribution is 2.28. The number of rotatable bonds is 1. The summed E-state index contributed by atoms with van der Waals surface area (Å²) in [5, 5.41) is 0.00231. The van der Waals surface area contributed by atoms with E-state index in [0.29, 0.717) is 0 Å². The summed E-state index contributed by atoms with van der Waals surface area (Å²) in [5.41, 5.74) is 5.07. The van der Waals surface area contributed by atoms with Crippen LogP contribution < -0.4 is 5.73 Å². The number of nitrogens with two attached hydrogens (primary N) is 1. The van der Waals surface area contributed by atoms with Crippen molar-refractivity contribution in [3.63, 3.8) is 0 Å². The quantitative estimate of drug-likeness (QED) is 0.766. The van der Waals surface area contributed by atoms with Crippen LogP contribution in [0, 0.1) is 5.82 Å². The van der Waals surface area contributed by atoms with Crippen LogP contribution in [-0.2, 0) is 0 Å². The highest BCUT2D eigenvalue weighted by Gasteiger charge is 2.12. The minimum atomic E-state index is -0.680. The minimum absolute atomic E-state index is 0.00231. The second-order valence-electron chi connectivity index (χ2n) is 2.09. The maximum Gasteiger partial charge on any atom is 0.250 e. The summed E-state index contributed by atoms with van der Waals surface area (Å²) in [7, 11) is 0. The monoisotopic (exact) mass is 251 g/mol. The second-order valence-corrected chi connectivity index (χ2v) is 3.26. The van der Waals surface area contributed by atoms with Crippen molar-refractivity contribution in [3.8, 4) is 0 Å². The Kier molecular flexibility index (Phi) is 2.69. The molecule has 2 N–H and O–H groups in total. The Hall–Kier alpha value is -0.610. The van der Waals surface area contributed by atoms with Gasteiger partial charge in [0.15, 0.2) is 0 Å². The van der Waals surface area contributed by atoms with Crippen molar-refractivity contribution in [3.05, 3.63) is 33.0 Å².